The number of pyridine rings is 1. The first-order chi connectivity index (χ1) is 11.6. The number of carbonyl (C=O) groups excluding carboxylic acids is 1. The highest BCUT2D eigenvalue weighted by atomic mass is 16.3. The first-order valence-electron chi connectivity index (χ1n) is 7.71. The Bertz CT molecular complexity index is 870. The minimum atomic E-state index is -0.215. The molecule has 3 aromatic rings. The molecule has 0 bridgehead atoms. The van der Waals surface area contributed by atoms with E-state index in [9.17, 15) is 9.90 Å². The van der Waals surface area contributed by atoms with Crippen molar-refractivity contribution in [3.05, 3.63) is 77.4 Å². The van der Waals surface area contributed by atoms with E-state index < -0.39 is 0 Å². The molecule has 24 heavy (non-hydrogen) atoms. The van der Waals surface area contributed by atoms with Crippen LogP contribution in [0.15, 0.2) is 54.9 Å². The number of hydrogen-bond acceptors (Lipinski definition) is 3. The van der Waals surface area contributed by atoms with Crippen LogP contribution in [0.25, 0.3) is 5.69 Å². The van der Waals surface area contributed by atoms with E-state index in [4.69, 9.17) is 0 Å². The summed E-state index contributed by atoms with van der Waals surface area (Å²) in [5.41, 5.74) is 4.63. The first-order valence-corrected chi connectivity index (χ1v) is 7.71. The molecule has 1 aromatic carbocycles. The summed E-state index contributed by atoms with van der Waals surface area (Å²) in [6.45, 7) is 3.74. The number of anilines is 1. The zero-order valence-electron chi connectivity index (χ0n) is 13.7. The minimum Gasteiger partial charge on any atom is -0.392 e. The molecule has 0 unspecified atom stereocenters. The van der Waals surface area contributed by atoms with Crippen molar-refractivity contribution in [1.82, 2.24) is 9.55 Å². The van der Waals surface area contributed by atoms with Gasteiger partial charge < -0.3 is 15.0 Å². The fourth-order valence-corrected chi connectivity index (χ4v) is 2.83. The lowest BCUT2D eigenvalue weighted by atomic mass is 10.2. The summed E-state index contributed by atoms with van der Waals surface area (Å²) in [6, 6.07) is 13.5. The molecular weight excluding hydrogens is 302 g/mol. The van der Waals surface area contributed by atoms with Crippen LogP contribution in [0.5, 0.6) is 0 Å². The van der Waals surface area contributed by atoms with Gasteiger partial charge in [0.05, 0.1) is 24.1 Å². The number of hydrogen-bond donors (Lipinski definition) is 2. The van der Waals surface area contributed by atoms with Gasteiger partial charge >= 0.3 is 0 Å². The van der Waals surface area contributed by atoms with Gasteiger partial charge in [-0.15, -0.1) is 0 Å². The second-order valence-electron chi connectivity index (χ2n) is 5.60. The summed E-state index contributed by atoms with van der Waals surface area (Å²) in [6.07, 6.45) is 3.13. The summed E-state index contributed by atoms with van der Waals surface area (Å²) in [5.74, 6) is -0.215. The van der Waals surface area contributed by atoms with Gasteiger partial charge in [-0.3, -0.25) is 9.78 Å². The van der Waals surface area contributed by atoms with E-state index in [1.807, 2.05) is 54.8 Å². The lowest BCUT2D eigenvalue weighted by Gasteiger charge is -2.11. The molecule has 0 aliphatic heterocycles. The first kappa shape index (κ1) is 16.0. The van der Waals surface area contributed by atoms with Gasteiger partial charge in [0, 0.05) is 28.8 Å². The number of aliphatic hydroxyl groups is 1. The number of para-hydroxylation sites is 1. The quantitative estimate of drug-likeness (QED) is 0.775. The lowest BCUT2D eigenvalue weighted by Crippen LogP contribution is -2.14. The molecule has 5 nitrogen and oxygen atoms in total. The molecule has 0 aliphatic rings. The maximum Gasteiger partial charge on any atom is 0.257 e. The van der Waals surface area contributed by atoms with Gasteiger partial charge in [0.2, 0.25) is 0 Å². The highest BCUT2D eigenvalue weighted by Crippen LogP contribution is 2.22. The fourth-order valence-electron chi connectivity index (χ4n) is 2.83. The SMILES string of the molecule is Cc1cc(C(=O)Nc2cnccc2CO)c(C)n1-c1ccccc1. The molecule has 1 amide bonds. The Hall–Kier alpha value is -2.92. The van der Waals surface area contributed by atoms with E-state index in [2.05, 4.69) is 10.3 Å². The van der Waals surface area contributed by atoms with Crippen molar-refractivity contribution in [2.45, 2.75) is 20.5 Å². The molecule has 0 saturated heterocycles. The molecule has 0 radical (unpaired) electrons. The zero-order valence-corrected chi connectivity index (χ0v) is 13.7. The molecule has 0 atom stereocenters. The van der Waals surface area contributed by atoms with Gasteiger partial charge in [0.25, 0.3) is 5.91 Å². The summed E-state index contributed by atoms with van der Waals surface area (Å²) in [4.78, 5) is 16.7. The molecule has 2 N–H and O–H groups in total. The number of amides is 1. The third kappa shape index (κ3) is 2.94. The number of nitrogens with one attached hydrogen (secondary N) is 1. The Balaban J connectivity index is 1.94. The van der Waals surface area contributed by atoms with Gasteiger partial charge in [-0.1, -0.05) is 18.2 Å². The number of aliphatic hydroxyl groups excluding tert-OH is 1. The average molecular weight is 321 g/mol. The average Bonchev–Trinajstić information content (AvgIpc) is 2.90. The maximum absolute atomic E-state index is 12.7. The second kappa shape index (κ2) is 6.68. The molecule has 0 spiro atoms. The van der Waals surface area contributed by atoms with E-state index in [1.165, 1.54) is 0 Å². The Morgan fingerprint density at radius 2 is 1.96 bits per heavy atom. The third-order valence-corrected chi connectivity index (χ3v) is 4.02. The topological polar surface area (TPSA) is 67.2 Å². The number of aromatic nitrogens is 2. The van der Waals surface area contributed by atoms with Gasteiger partial charge in [-0.25, -0.2) is 0 Å². The summed E-state index contributed by atoms with van der Waals surface area (Å²) in [7, 11) is 0. The predicted molar refractivity (Wildman–Crippen MR) is 93.4 cm³/mol. The number of aryl methyl sites for hydroxylation is 1. The largest absolute Gasteiger partial charge is 0.392 e. The summed E-state index contributed by atoms with van der Waals surface area (Å²) >= 11 is 0. The van der Waals surface area contributed by atoms with Crippen molar-refractivity contribution in [3.8, 4) is 5.69 Å². The highest BCUT2D eigenvalue weighted by molar-refractivity contribution is 6.05. The van der Waals surface area contributed by atoms with Crippen LogP contribution in [0.4, 0.5) is 5.69 Å². The fraction of sp³-hybridized carbons (Fsp3) is 0.158. The second-order valence-corrected chi connectivity index (χ2v) is 5.60. The van der Waals surface area contributed by atoms with Crippen molar-refractivity contribution in [3.63, 3.8) is 0 Å². The van der Waals surface area contributed by atoms with Gasteiger partial charge in [-0.2, -0.15) is 0 Å². The van der Waals surface area contributed by atoms with Gasteiger partial charge in [0.15, 0.2) is 0 Å². The van der Waals surface area contributed by atoms with E-state index in [-0.39, 0.29) is 12.5 Å². The van der Waals surface area contributed by atoms with Gasteiger partial charge in [0.1, 0.15) is 0 Å². The van der Waals surface area contributed by atoms with Crippen LogP contribution in [0, 0.1) is 13.8 Å². The molecule has 0 aliphatic carbocycles. The van der Waals surface area contributed by atoms with Crippen molar-refractivity contribution in [2.24, 2.45) is 0 Å². The van der Waals surface area contributed by atoms with Crippen molar-refractivity contribution >= 4 is 11.6 Å². The normalized spacial score (nSPS) is 10.6. The smallest absolute Gasteiger partial charge is 0.257 e. The maximum atomic E-state index is 12.7. The third-order valence-electron chi connectivity index (χ3n) is 4.02. The van der Waals surface area contributed by atoms with Crippen LogP contribution in [0.2, 0.25) is 0 Å². The van der Waals surface area contributed by atoms with Gasteiger partial charge in [-0.05, 0) is 38.1 Å². The Morgan fingerprint density at radius 1 is 1.21 bits per heavy atom. The molecule has 5 heteroatoms. The minimum absolute atomic E-state index is 0.152. The molecule has 3 rings (SSSR count). The summed E-state index contributed by atoms with van der Waals surface area (Å²) in [5, 5.41) is 12.2. The standard InChI is InChI=1S/C19H19N3O2/c1-13-10-17(14(2)22(13)16-6-4-3-5-7-16)19(24)21-18-11-20-9-8-15(18)12-23/h3-11,23H,12H2,1-2H3,(H,21,24). The molecular formula is C19H19N3O2. The van der Waals surface area contributed by atoms with E-state index in [0.29, 0.717) is 16.8 Å². The predicted octanol–water partition coefficient (Wildman–Crippen LogP) is 3.23. The molecule has 2 aromatic heterocycles. The Kier molecular flexibility index (Phi) is 4.44. The van der Waals surface area contributed by atoms with Crippen LogP contribution in [0.1, 0.15) is 27.3 Å². The van der Waals surface area contributed by atoms with Crippen molar-refractivity contribution in [1.29, 1.82) is 0 Å². The molecule has 0 fully saturated rings. The van der Waals surface area contributed by atoms with E-state index in [1.54, 1.807) is 18.5 Å². The Morgan fingerprint density at radius 3 is 2.67 bits per heavy atom. The van der Waals surface area contributed by atoms with E-state index in [0.717, 1.165) is 17.1 Å². The molecule has 122 valence electrons. The lowest BCUT2D eigenvalue weighted by molar-refractivity contribution is 0.102. The van der Waals surface area contributed by atoms with Crippen molar-refractivity contribution < 1.29 is 9.90 Å². The van der Waals surface area contributed by atoms with E-state index >= 15 is 0 Å². The summed E-state index contributed by atoms with van der Waals surface area (Å²) < 4.78 is 2.05. The van der Waals surface area contributed by atoms with Crippen LogP contribution < -0.4 is 5.32 Å². The molecule has 0 saturated carbocycles. The van der Waals surface area contributed by atoms with Crippen LogP contribution >= 0.6 is 0 Å². The number of benzene rings is 1. The number of carbonyl (C=O) groups is 1. The number of rotatable bonds is 4. The molecule has 2 heterocycles. The zero-order chi connectivity index (χ0) is 17.1. The monoisotopic (exact) mass is 321 g/mol. The van der Waals surface area contributed by atoms with Crippen LogP contribution in [-0.2, 0) is 6.61 Å². The van der Waals surface area contributed by atoms with Crippen molar-refractivity contribution in [2.75, 3.05) is 5.32 Å². The highest BCUT2D eigenvalue weighted by Gasteiger charge is 2.17. The van der Waals surface area contributed by atoms with Crippen LogP contribution in [-0.4, -0.2) is 20.6 Å². The Labute approximate surface area is 140 Å². The number of nitrogens with zero attached hydrogens (tertiary/aromatic N) is 2. The van der Waals surface area contributed by atoms with Crippen LogP contribution in [0.3, 0.4) is 0 Å².